The first-order valence-corrected chi connectivity index (χ1v) is 7.92. The van der Waals surface area contributed by atoms with E-state index < -0.39 is 47.5 Å². The zero-order chi connectivity index (χ0) is 19.4. The molecule has 0 aliphatic heterocycles. The maximum atomic E-state index is 10.4. The maximum Gasteiger partial charge on any atom is 1.00 e. The van der Waals surface area contributed by atoms with Gasteiger partial charge in [-0.05, 0) is 25.7 Å². The van der Waals surface area contributed by atoms with Crippen molar-refractivity contribution >= 4 is 23.9 Å². The molecule has 0 bridgehead atoms. The summed E-state index contributed by atoms with van der Waals surface area (Å²) in [5, 5.41) is 41.7. The van der Waals surface area contributed by atoms with Crippen LogP contribution < -0.4 is 139 Å². The standard InChI is InChI=1S/2C8H14O4.4Na/c2*1-3-5(7(9)10)6(4-2)8(11)12;;;;/h2*5-6H,3-4H2,1-2H3,(H,9,10)(H,11,12);;;;/q;;4*+1/p-4. The van der Waals surface area contributed by atoms with Crippen molar-refractivity contribution in [2.75, 3.05) is 0 Å². The number of hydrogen-bond acceptors (Lipinski definition) is 8. The molecule has 28 heavy (non-hydrogen) atoms. The quantitative estimate of drug-likeness (QED) is 0.305. The molecule has 12 heteroatoms. The van der Waals surface area contributed by atoms with Gasteiger partial charge >= 0.3 is 118 Å². The summed E-state index contributed by atoms with van der Waals surface area (Å²) in [6.07, 6.45) is 1.04. The second-order valence-corrected chi connectivity index (χ2v) is 5.34. The van der Waals surface area contributed by atoms with Crippen molar-refractivity contribution in [3.63, 3.8) is 0 Å². The van der Waals surface area contributed by atoms with Crippen LogP contribution in [0.3, 0.4) is 0 Å². The average Bonchev–Trinajstić information content (AvgIpc) is 2.48. The van der Waals surface area contributed by atoms with E-state index >= 15 is 0 Å². The normalized spacial score (nSPS) is 13.0. The molecule has 0 N–H and O–H groups in total. The van der Waals surface area contributed by atoms with Gasteiger partial charge in [0.2, 0.25) is 0 Å². The van der Waals surface area contributed by atoms with Crippen molar-refractivity contribution in [2.45, 2.75) is 53.4 Å². The molecule has 0 heterocycles. The van der Waals surface area contributed by atoms with E-state index in [0.717, 1.165) is 0 Å². The van der Waals surface area contributed by atoms with Crippen molar-refractivity contribution in [1.29, 1.82) is 0 Å². The third kappa shape index (κ3) is 17.5. The summed E-state index contributed by atoms with van der Waals surface area (Å²) in [5.41, 5.74) is 0. The fourth-order valence-electron chi connectivity index (χ4n) is 2.46. The predicted octanol–water partition coefficient (Wildman–Crippen LogP) is -14.9. The summed E-state index contributed by atoms with van der Waals surface area (Å²) in [7, 11) is 0. The summed E-state index contributed by atoms with van der Waals surface area (Å²) in [5.74, 6) is -8.97. The summed E-state index contributed by atoms with van der Waals surface area (Å²) < 4.78 is 0. The smallest absolute Gasteiger partial charge is 0.550 e. The Morgan fingerprint density at radius 2 is 0.571 bits per heavy atom. The Bertz CT molecular complexity index is 368. The van der Waals surface area contributed by atoms with E-state index in [2.05, 4.69) is 0 Å². The number of carbonyl (C=O) groups excluding carboxylic acids is 4. The molecule has 0 fully saturated rings. The molecule has 0 aromatic rings. The van der Waals surface area contributed by atoms with Crippen LogP contribution in [0.15, 0.2) is 0 Å². The molecule has 4 atom stereocenters. The summed E-state index contributed by atoms with van der Waals surface area (Å²) in [6, 6.07) is 0. The molecule has 4 unspecified atom stereocenters. The third-order valence-electron chi connectivity index (χ3n) is 3.94. The van der Waals surface area contributed by atoms with Crippen LogP contribution in [0, 0.1) is 23.7 Å². The minimum Gasteiger partial charge on any atom is -0.550 e. The number of aliphatic carboxylic acids is 4. The SMILES string of the molecule is CCC(C(=O)[O-])C(CC)C(=O)[O-].CCC(C(=O)[O-])C(CC)C(=O)[O-].[Na+].[Na+].[Na+].[Na+]. The van der Waals surface area contributed by atoms with Gasteiger partial charge in [-0.15, -0.1) is 0 Å². The van der Waals surface area contributed by atoms with Crippen LogP contribution >= 0.6 is 0 Å². The molecular weight excluding hydrogens is 412 g/mol. The Hall–Kier alpha value is 1.88. The van der Waals surface area contributed by atoms with Gasteiger partial charge < -0.3 is 39.6 Å². The van der Waals surface area contributed by atoms with Crippen LogP contribution in [0.5, 0.6) is 0 Å². The van der Waals surface area contributed by atoms with Crippen LogP contribution in [0.25, 0.3) is 0 Å². The van der Waals surface area contributed by atoms with E-state index in [-0.39, 0.29) is 144 Å². The van der Waals surface area contributed by atoms with Crippen LogP contribution in [-0.4, -0.2) is 23.9 Å². The third-order valence-corrected chi connectivity index (χ3v) is 3.94. The van der Waals surface area contributed by atoms with Crippen molar-refractivity contribution in [3.05, 3.63) is 0 Å². The Morgan fingerprint density at radius 3 is 0.607 bits per heavy atom. The second-order valence-electron chi connectivity index (χ2n) is 5.34. The maximum absolute atomic E-state index is 10.4. The largest absolute Gasteiger partial charge is 1.00 e. The van der Waals surface area contributed by atoms with E-state index in [1.54, 1.807) is 27.7 Å². The molecule has 0 aliphatic carbocycles. The van der Waals surface area contributed by atoms with Gasteiger partial charge in [-0.3, -0.25) is 0 Å². The number of hydrogen-bond donors (Lipinski definition) is 0. The molecule has 0 radical (unpaired) electrons. The topological polar surface area (TPSA) is 161 Å². The molecule has 0 aromatic carbocycles. The van der Waals surface area contributed by atoms with E-state index in [1.807, 2.05) is 0 Å². The first-order chi connectivity index (χ1) is 11.1. The summed E-state index contributed by atoms with van der Waals surface area (Å²) in [6.45, 7) is 6.47. The van der Waals surface area contributed by atoms with Gasteiger partial charge in [0.05, 0.1) is 0 Å². The number of rotatable bonds is 10. The first-order valence-electron chi connectivity index (χ1n) is 7.92. The molecule has 0 saturated carbocycles. The first kappa shape index (κ1) is 43.7. The van der Waals surface area contributed by atoms with Crippen LogP contribution in [0.2, 0.25) is 0 Å². The zero-order valence-corrected chi connectivity index (χ0v) is 26.4. The number of carboxylic acid groups (broad SMARTS) is 4. The Labute approximate surface area is 255 Å². The van der Waals surface area contributed by atoms with Gasteiger partial charge in [0.1, 0.15) is 0 Å². The molecule has 0 aromatic heterocycles. The monoisotopic (exact) mass is 436 g/mol. The van der Waals surface area contributed by atoms with E-state index in [1.165, 1.54) is 0 Å². The minimum atomic E-state index is -1.31. The van der Waals surface area contributed by atoms with Crippen LogP contribution in [-0.2, 0) is 19.2 Å². The van der Waals surface area contributed by atoms with Gasteiger partial charge in [-0.2, -0.15) is 0 Å². The second kappa shape index (κ2) is 25.1. The van der Waals surface area contributed by atoms with Crippen LogP contribution in [0.1, 0.15) is 53.4 Å². The summed E-state index contributed by atoms with van der Waals surface area (Å²) >= 11 is 0. The van der Waals surface area contributed by atoms with Gasteiger partial charge in [-0.25, -0.2) is 0 Å². The molecule has 8 nitrogen and oxygen atoms in total. The van der Waals surface area contributed by atoms with E-state index in [9.17, 15) is 39.6 Å². The van der Waals surface area contributed by atoms with Crippen molar-refractivity contribution < 1.29 is 158 Å². The number of carboxylic acids is 4. The fourth-order valence-corrected chi connectivity index (χ4v) is 2.46. The fraction of sp³-hybridized carbons (Fsp3) is 0.750. The van der Waals surface area contributed by atoms with Crippen LogP contribution in [0.4, 0.5) is 0 Å². The predicted molar refractivity (Wildman–Crippen MR) is 75.2 cm³/mol. The Morgan fingerprint density at radius 1 is 0.464 bits per heavy atom. The number of carbonyl (C=O) groups is 4. The van der Waals surface area contributed by atoms with Gasteiger partial charge in [-0.1, -0.05) is 27.7 Å². The molecule has 0 aliphatic rings. The molecule has 0 spiro atoms. The van der Waals surface area contributed by atoms with E-state index in [0.29, 0.717) is 0 Å². The van der Waals surface area contributed by atoms with Gasteiger partial charge in [0.15, 0.2) is 0 Å². The average molecular weight is 436 g/mol. The van der Waals surface area contributed by atoms with Crippen molar-refractivity contribution in [3.8, 4) is 0 Å². The Kier molecular flexibility index (Phi) is 39.2. The summed E-state index contributed by atoms with van der Waals surface area (Å²) in [4.78, 5) is 41.7. The van der Waals surface area contributed by atoms with Crippen molar-refractivity contribution in [1.82, 2.24) is 0 Å². The van der Waals surface area contributed by atoms with Crippen molar-refractivity contribution in [2.24, 2.45) is 23.7 Å². The van der Waals surface area contributed by atoms with Gasteiger partial charge in [0, 0.05) is 47.5 Å². The minimum absolute atomic E-state index is 0. The zero-order valence-electron chi connectivity index (χ0n) is 18.4. The molecule has 140 valence electrons. The molecule has 0 rings (SSSR count). The van der Waals surface area contributed by atoms with Gasteiger partial charge in [0.25, 0.3) is 0 Å². The molecular formula is C16H24Na4O8. The molecule has 0 amide bonds. The Balaban J connectivity index is -0.0000000756. The molecule has 0 saturated heterocycles. The van der Waals surface area contributed by atoms with E-state index in [4.69, 9.17) is 0 Å².